The molecule has 2 N–H and O–H groups in total. The number of hydrogen-bond acceptors (Lipinski definition) is 6. The van der Waals surface area contributed by atoms with Crippen molar-refractivity contribution in [2.24, 2.45) is 0 Å². The lowest BCUT2D eigenvalue weighted by atomic mass is 9.96. The van der Waals surface area contributed by atoms with E-state index in [0.29, 0.717) is 18.2 Å². The lowest BCUT2D eigenvalue weighted by Gasteiger charge is -2.24. The van der Waals surface area contributed by atoms with E-state index >= 15 is 0 Å². The minimum absolute atomic E-state index is 0. The Bertz CT molecular complexity index is 897. The van der Waals surface area contributed by atoms with Crippen molar-refractivity contribution in [3.05, 3.63) is 46.8 Å². The fraction of sp³-hybridized carbons (Fsp3) is 0.474. The van der Waals surface area contributed by atoms with E-state index in [-0.39, 0.29) is 23.2 Å². The summed E-state index contributed by atoms with van der Waals surface area (Å²) >= 11 is 0. The van der Waals surface area contributed by atoms with Gasteiger partial charge < -0.3 is 10.6 Å². The maximum absolute atomic E-state index is 12.1. The molecular weight excluding hydrogens is 384 g/mol. The molecule has 0 amide bonds. The van der Waals surface area contributed by atoms with E-state index in [0.717, 1.165) is 25.9 Å². The molecule has 1 aliphatic heterocycles. The Morgan fingerprint density at radius 3 is 2.74 bits per heavy atom. The highest BCUT2D eigenvalue weighted by Crippen LogP contribution is 2.28. The summed E-state index contributed by atoms with van der Waals surface area (Å²) in [4.78, 5) is 9.07. The number of aromatic nitrogens is 2. The van der Waals surface area contributed by atoms with Gasteiger partial charge in [0.1, 0.15) is 4.90 Å². The van der Waals surface area contributed by atoms with Gasteiger partial charge in [-0.3, -0.25) is 0 Å². The number of piperidine rings is 1. The highest BCUT2D eigenvalue weighted by molar-refractivity contribution is 7.90. The van der Waals surface area contributed by atoms with Crippen molar-refractivity contribution in [3.63, 3.8) is 0 Å². The molecular formula is C19H27ClN4O2S. The minimum Gasteiger partial charge on any atom is -0.350 e. The van der Waals surface area contributed by atoms with Crippen LogP contribution in [0.25, 0.3) is 0 Å². The van der Waals surface area contributed by atoms with E-state index in [1.54, 1.807) is 0 Å². The zero-order chi connectivity index (χ0) is 18.7. The molecule has 1 atom stereocenters. The van der Waals surface area contributed by atoms with Gasteiger partial charge in [-0.05, 0) is 44.4 Å². The standard InChI is InChI=1S/C19H26N4O2S.ClH/c1-13-6-7-14(2)16(9-13)11-21-19-22-12-17(26(3,24)25)18(23-19)15-5-4-8-20-10-15;/h6-7,9,12,15,20H,4-5,8,10-11H2,1-3H3,(H,21,22,23);1H. The summed E-state index contributed by atoms with van der Waals surface area (Å²) in [6, 6.07) is 6.32. The van der Waals surface area contributed by atoms with Crippen molar-refractivity contribution in [2.45, 2.75) is 44.0 Å². The molecule has 27 heavy (non-hydrogen) atoms. The normalized spacial score (nSPS) is 17.2. The van der Waals surface area contributed by atoms with Gasteiger partial charge in [0, 0.05) is 25.3 Å². The molecule has 148 valence electrons. The summed E-state index contributed by atoms with van der Waals surface area (Å²) in [7, 11) is -3.36. The predicted molar refractivity (Wildman–Crippen MR) is 110 cm³/mol. The van der Waals surface area contributed by atoms with Crippen LogP contribution >= 0.6 is 12.4 Å². The maximum Gasteiger partial charge on any atom is 0.223 e. The first-order valence-corrected chi connectivity index (χ1v) is 10.8. The number of hydrogen-bond donors (Lipinski definition) is 2. The fourth-order valence-corrected chi connectivity index (χ4v) is 4.13. The minimum atomic E-state index is -3.36. The van der Waals surface area contributed by atoms with Crippen molar-refractivity contribution in [1.82, 2.24) is 15.3 Å². The summed E-state index contributed by atoms with van der Waals surface area (Å²) in [6.07, 6.45) is 4.61. The third kappa shape index (κ3) is 5.40. The molecule has 0 radical (unpaired) electrons. The molecule has 3 rings (SSSR count). The fourth-order valence-electron chi connectivity index (χ4n) is 3.30. The smallest absolute Gasteiger partial charge is 0.223 e. The van der Waals surface area contributed by atoms with Crippen molar-refractivity contribution in [1.29, 1.82) is 0 Å². The van der Waals surface area contributed by atoms with Gasteiger partial charge >= 0.3 is 0 Å². The van der Waals surface area contributed by atoms with Crippen molar-refractivity contribution in [3.8, 4) is 0 Å². The molecule has 1 aromatic carbocycles. The molecule has 1 fully saturated rings. The SMILES string of the molecule is Cc1ccc(C)c(CNc2ncc(S(C)(=O)=O)c(C3CCCNC3)n2)c1.Cl. The first-order chi connectivity index (χ1) is 12.3. The van der Waals surface area contributed by atoms with Crippen molar-refractivity contribution < 1.29 is 8.42 Å². The monoisotopic (exact) mass is 410 g/mol. The third-order valence-electron chi connectivity index (χ3n) is 4.81. The Labute approximate surface area is 167 Å². The summed E-state index contributed by atoms with van der Waals surface area (Å²) in [5.74, 6) is 0.566. The first kappa shape index (κ1) is 21.6. The molecule has 1 aromatic heterocycles. The summed E-state index contributed by atoms with van der Waals surface area (Å²) in [6.45, 7) is 6.45. The first-order valence-electron chi connectivity index (χ1n) is 8.92. The van der Waals surface area contributed by atoms with Crippen molar-refractivity contribution in [2.75, 3.05) is 24.7 Å². The van der Waals surface area contributed by atoms with Crippen LogP contribution in [0.5, 0.6) is 0 Å². The number of rotatable bonds is 5. The molecule has 1 saturated heterocycles. The highest BCUT2D eigenvalue weighted by Gasteiger charge is 2.25. The van der Waals surface area contributed by atoms with Crippen LogP contribution < -0.4 is 10.6 Å². The topological polar surface area (TPSA) is 84.0 Å². The molecule has 1 unspecified atom stereocenters. The number of aryl methyl sites for hydroxylation is 2. The van der Waals surface area contributed by atoms with Crippen LogP contribution in [-0.2, 0) is 16.4 Å². The number of sulfone groups is 1. The average Bonchev–Trinajstić information content (AvgIpc) is 2.62. The van der Waals surface area contributed by atoms with E-state index in [1.165, 1.54) is 29.1 Å². The van der Waals surface area contributed by atoms with E-state index in [9.17, 15) is 8.42 Å². The highest BCUT2D eigenvalue weighted by atomic mass is 35.5. The Balaban J connectivity index is 0.00000261. The summed E-state index contributed by atoms with van der Waals surface area (Å²) in [5.41, 5.74) is 4.21. The molecule has 2 aromatic rings. The Morgan fingerprint density at radius 2 is 2.07 bits per heavy atom. The second-order valence-electron chi connectivity index (χ2n) is 7.04. The average molecular weight is 411 g/mol. The Morgan fingerprint density at radius 1 is 1.30 bits per heavy atom. The lowest BCUT2D eigenvalue weighted by Crippen LogP contribution is -2.30. The molecule has 0 bridgehead atoms. The number of benzene rings is 1. The lowest BCUT2D eigenvalue weighted by molar-refractivity contribution is 0.448. The maximum atomic E-state index is 12.1. The number of nitrogens with one attached hydrogen (secondary N) is 2. The van der Waals surface area contributed by atoms with Gasteiger partial charge in [0.2, 0.25) is 5.95 Å². The molecule has 6 nitrogen and oxygen atoms in total. The molecule has 0 aliphatic carbocycles. The molecule has 1 aliphatic rings. The zero-order valence-corrected chi connectivity index (χ0v) is 17.6. The number of nitrogens with zero attached hydrogens (tertiary/aromatic N) is 2. The van der Waals surface area contributed by atoms with Gasteiger partial charge in [-0.2, -0.15) is 0 Å². The van der Waals surface area contributed by atoms with Crippen LogP contribution in [0.1, 0.15) is 41.1 Å². The molecule has 2 heterocycles. The second-order valence-corrected chi connectivity index (χ2v) is 9.03. The number of halogens is 1. The van der Waals surface area contributed by atoms with Crippen LogP contribution in [0.15, 0.2) is 29.3 Å². The summed E-state index contributed by atoms with van der Waals surface area (Å²) in [5, 5.41) is 6.58. The van der Waals surface area contributed by atoms with Crippen LogP contribution in [0, 0.1) is 13.8 Å². The van der Waals surface area contributed by atoms with Crippen molar-refractivity contribution >= 4 is 28.2 Å². The quantitative estimate of drug-likeness (QED) is 0.788. The van der Waals surface area contributed by atoms with Crippen LogP contribution in [0.3, 0.4) is 0 Å². The second kappa shape index (κ2) is 8.99. The van der Waals surface area contributed by atoms with Gasteiger partial charge in [-0.25, -0.2) is 18.4 Å². The third-order valence-corrected chi connectivity index (χ3v) is 5.92. The summed E-state index contributed by atoms with van der Waals surface area (Å²) < 4.78 is 24.3. The van der Waals surface area contributed by atoms with Crippen LogP contribution in [0.2, 0.25) is 0 Å². The Kier molecular flexibility index (Phi) is 7.19. The molecule has 8 heteroatoms. The zero-order valence-electron chi connectivity index (χ0n) is 15.9. The Hall–Kier alpha value is -1.70. The van der Waals surface area contributed by atoms with Crippen LogP contribution in [0.4, 0.5) is 5.95 Å². The largest absolute Gasteiger partial charge is 0.350 e. The van der Waals surface area contributed by atoms with Gasteiger partial charge in [-0.15, -0.1) is 12.4 Å². The van der Waals surface area contributed by atoms with Gasteiger partial charge in [-0.1, -0.05) is 23.8 Å². The van der Waals surface area contributed by atoms with E-state index in [4.69, 9.17) is 0 Å². The van der Waals surface area contributed by atoms with E-state index in [2.05, 4.69) is 52.6 Å². The number of anilines is 1. The molecule has 0 spiro atoms. The van der Waals surface area contributed by atoms with E-state index in [1.807, 2.05) is 0 Å². The van der Waals surface area contributed by atoms with E-state index < -0.39 is 9.84 Å². The van der Waals surface area contributed by atoms with Gasteiger partial charge in [0.25, 0.3) is 0 Å². The molecule has 0 saturated carbocycles. The van der Waals surface area contributed by atoms with Gasteiger partial charge in [0.05, 0.1) is 11.9 Å². The predicted octanol–water partition coefficient (Wildman–Crippen LogP) is 3.00. The van der Waals surface area contributed by atoms with Crippen LogP contribution in [-0.4, -0.2) is 37.7 Å². The van der Waals surface area contributed by atoms with Gasteiger partial charge in [0.15, 0.2) is 9.84 Å².